The molecule has 2 aromatic rings. The minimum atomic E-state index is 0.132. The van der Waals surface area contributed by atoms with Gasteiger partial charge in [-0.05, 0) is 71.6 Å². The number of hydrogen-bond acceptors (Lipinski definition) is 2. The maximum Gasteiger partial charge on any atom is 0.141 e. The largest absolute Gasteiger partial charge is 0.456 e. The number of ether oxygens (including phenoxy) is 1. The van der Waals surface area contributed by atoms with Crippen molar-refractivity contribution in [1.29, 1.82) is 0 Å². The minimum Gasteiger partial charge on any atom is -0.456 e. The molecule has 0 fully saturated rings. The van der Waals surface area contributed by atoms with E-state index in [2.05, 4.69) is 28.1 Å². The maximum atomic E-state index is 5.97. The highest BCUT2D eigenvalue weighted by Gasteiger charge is 2.08. The van der Waals surface area contributed by atoms with Crippen molar-refractivity contribution in [2.75, 3.05) is 0 Å². The standard InChI is InChI=1S/C16H17BrClNO/c1-10-3-4-12(7-11(2)19)8-16(10)20-15-6-5-13(18)9-14(15)17/h3-6,8-9,11H,7,19H2,1-2H3. The van der Waals surface area contributed by atoms with Gasteiger partial charge in [-0.1, -0.05) is 23.7 Å². The first-order chi connectivity index (χ1) is 9.45. The van der Waals surface area contributed by atoms with Crippen LogP contribution in [0.1, 0.15) is 18.1 Å². The van der Waals surface area contributed by atoms with Crippen LogP contribution in [0.4, 0.5) is 0 Å². The molecule has 0 aliphatic carbocycles. The molecular weight excluding hydrogens is 338 g/mol. The van der Waals surface area contributed by atoms with Crippen LogP contribution in [0.15, 0.2) is 40.9 Å². The SMILES string of the molecule is Cc1ccc(CC(C)N)cc1Oc1ccc(Cl)cc1Br. The third kappa shape index (κ3) is 3.98. The summed E-state index contributed by atoms with van der Waals surface area (Å²) < 4.78 is 6.81. The van der Waals surface area contributed by atoms with Gasteiger partial charge < -0.3 is 10.5 Å². The minimum absolute atomic E-state index is 0.132. The average molecular weight is 355 g/mol. The number of nitrogens with two attached hydrogens (primary N) is 1. The van der Waals surface area contributed by atoms with Crippen LogP contribution < -0.4 is 10.5 Å². The van der Waals surface area contributed by atoms with Crippen LogP contribution in [-0.2, 0) is 6.42 Å². The van der Waals surface area contributed by atoms with Crippen molar-refractivity contribution in [3.63, 3.8) is 0 Å². The molecule has 0 spiro atoms. The molecule has 0 aliphatic rings. The summed E-state index contributed by atoms with van der Waals surface area (Å²) in [6.07, 6.45) is 0.832. The molecule has 20 heavy (non-hydrogen) atoms. The van der Waals surface area contributed by atoms with Crippen molar-refractivity contribution in [2.45, 2.75) is 26.3 Å². The summed E-state index contributed by atoms with van der Waals surface area (Å²) in [4.78, 5) is 0. The molecule has 2 nitrogen and oxygen atoms in total. The van der Waals surface area contributed by atoms with Crippen LogP contribution in [0.2, 0.25) is 5.02 Å². The molecule has 2 N–H and O–H groups in total. The molecule has 106 valence electrons. The second kappa shape index (κ2) is 6.61. The van der Waals surface area contributed by atoms with E-state index in [1.807, 2.05) is 38.1 Å². The summed E-state index contributed by atoms with van der Waals surface area (Å²) in [5.41, 5.74) is 8.10. The maximum absolute atomic E-state index is 5.97. The average Bonchev–Trinajstić information content (AvgIpc) is 2.36. The lowest BCUT2D eigenvalue weighted by atomic mass is 10.1. The van der Waals surface area contributed by atoms with Gasteiger partial charge in [0.25, 0.3) is 0 Å². The Morgan fingerprint density at radius 1 is 1.20 bits per heavy atom. The van der Waals surface area contributed by atoms with E-state index in [4.69, 9.17) is 22.1 Å². The second-order valence-electron chi connectivity index (χ2n) is 4.96. The van der Waals surface area contributed by atoms with Crippen LogP contribution in [-0.4, -0.2) is 6.04 Å². The first-order valence-electron chi connectivity index (χ1n) is 6.43. The third-order valence-electron chi connectivity index (χ3n) is 2.92. The van der Waals surface area contributed by atoms with E-state index >= 15 is 0 Å². The van der Waals surface area contributed by atoms with Crippen molar-refractivity contribution >= 4 is 27.5 Å². The van der Waals surface area contributed by atoms with Gasteiger partial charge in [-0.3, -0.25) is 0 Å². The molecule has 0 heterocycles. The molecule has 0 aliphatic heterocycles. The zero-order chi connectivity index (χ0) is 14.7. The Morgan fingerprint density at radius 2 is 1.95 bits per heavy atom. The fourth-order valence-electron chi connectivity index (χ4n) is 1.93. The fraction of sp³-hybridized carbons (Fsp3) is 0.250. The predicted molar refractivity (Wildman–Crippen MR) is 87.8 cm³/mol. The van der Waals surface area contributed by atoms with E-state index in [9.17, 15) is 0 Å². The molecule has 0 saturated heterocycles. The molecule has 2 aromatic carbocycles. The summed E-state index contributed by atoms with van der Waals surface area (Å²) in [5.74, 6) is 1.58. The van der Waals surface area contributed by atoms with Crippen LogP contribution in [0, 0.1) is 6.92 Å². The smallest absolute Gasteiger partial charge is 0.141 e. The van der Waals surface area contributed by atoms with Crippen LogP contribution in [0.5, 0.6) is 11.5 Å². The summed E-state index contributed by atoms with van der Waals surface area (Å²) >= 11 is 9.39. The van der Waals surface area contributed by atoms with Crippen molar-refractivity contribution in [2.24, 2.45) is 5.73 Å². The van der Waals surface area contributed by atoms with Gasteiger partial charge in [0.15, 0.2) is 0 Å². The van der Waals surface area contributed by atoms with Gasteiger partial charge >= 0.3 is 0 Å². The molecule has 2 rings (SSSR count). The Kier molecular flexibility index (Phi) is 5.08. The Bertz CT molecular complexity index is 613. The van der Waals surface area contributed by atoms with Crippen molar-refractivity contribution in [3.05, 3.63) is 57.0 Å². The van der Waals surface area contributed by atoms with Crippen molar-refractivity contribution < 1.29 is 4.74 Å². The van der Waals surface area contributed by atoms with Gasteiger partial charge in [0.05, 0.1) is 4.47 Å². The third-order valence-corrected chi connectivity index (χ3v) is 3.78. The number of halogens is 2. The molecule has 0 amide bonds. The Balaban J connectivity index is 2.27. The van der Waals surface area contributed by atoms with E-state index in [1.54, 1.807) is 0 Å². The second-order valence-corrected chi connectivity index (χ2v) is 6.25. The highest BCUT2D eigenvalue weighted by molar-refractivity contribution is 9.10. The summed E-state index contributed by atoms with van der Waals surface area (Å²) in [6, 6.07) is 11.8. The molecule has 0 aromatic heterocycles. The summed E-state index contributed by atoms with van der Waals surface area (Å²) in [5, 5.41) is 0.673. The molecule has 0 radical (unpaired) electrons. The lowest BCUT2D eigenvalue weighted by Crippen LogP contribution is -2.17. The van der Waals surface area contributed by atoms with Crippen molar-refractivity contribution in [3.8, 4) is 11.5 Å². The first kappa shape index (κ1) is 15.4. The molecule has 0 saturated carbocycles. The highest BCUT2D eigenvalue weighted by Crippen LogP contribution is 2.33. The monoisotopic (exact) mass is 353 g/mol. The Morgan fingerprint density at radius 3 is 2.60 bits per heavy atom. The normalized spacial score (nSPS) is 12.2. The van der Waals surface area contributed by atoms with Crippen molar-refractivity contribution in [1.82, 2.24) is 0 Å². The topological polar surface area (TPSA) is 35.2 Å². The van der Waals surface area contributed by atoms with Gasteiger partial charge in [0, 0.05) is 11.1 Å². The van der Waals surface area contributed by atoms with E-state index in [1.165, 1.54) is 5.56 Å². The molecular formula is C16H17BrClNO. The number of aryl methyl sites for hydroxylation is 1. The van der Waals surface area contributed by atoms with Crippen LogP contribution >= 0.6 is 27.5 Å². The zero-order valence-electron chi connectivity index (χ0n) is 11.5. The van der Waals surface area contributed by atoms with E-state index in [0.29, 0.717) is 5.02 Å². The van der Waals surface area contributed by atoms with Gasteiger partial charge in [-0.2, -0.15) is 0 Å². The molecule has 1 unspecified atom stereocenters. The van der Waals surface area contributed by atoms with Gasteiger partial charge in [0.1, 0.15) is 11.5 Å². The fourth-order valence-corrected chi connectivity index (χ4v) is 2.69. The Hall–Kier alpha value is -1.03. The number of benzene rings is 2. The van der Waals surface area contributed by atoms with Gasteiger partial charge in [-0.25, -0.2) is 0 Å². The molecule has 1 atom stereocenters. The quantitative estimate of drug-likeness (QED) is 0.829. The van der Waals surface area contributed by atoms with Gasteiger partial charge in [-0.15, -0.1) is 0 Å². The number of rotatable bonds is 4. The summed E-state index contributed by atoms with van der Waals surface area (Å²) in [7, 11) is 0. The number of hydrogen-bond donors (Lipinski definition) is 1. The van der Waals surface area contributed by atoms with E-state index in [-0.39, 0.29) is 6.04 Å². The zero-order valence-corrected chi connectivity index (χ0v) is 13.8. The first-order valence-corrected chi connectivity index (χ1v) is 7.61. The van der Waals surface area contributed by atoms with E-state index < -0.39 is 0 Å². The lowest BCUT2D eigenvalue weighted by molar-refractivity contribution is 0.475. The van der Waals surface area contributed by atoms with Gasteiger partial charge in [0.2, 0.25) is 0 Å². The summed E-state index contributed by atoms with van der Waals surface area (Å²) in [6.45, 7) is 4.02. The lowest BCUT2D eigenvalue weighted by Gasteiger charge is -2.13. The van der Waals surface area contributed by atoms with E-state index in [0.717, 1.165) is 28.0 Å². The predicted octanol–water partition coefficient (Wildman–Crippen LogP) is 5.09. The van der Waals surface area contributed by atoms with Crippen LogP contribution in [0.3, 0.4) is 0 Å². The molecule has 4 heteroatoms. The highest BCUT2D eigenvalue weighted by atomic mass is 79.9. The Labute approximate surface area is 133 Å². The van der Waals surface area contributed by atoms with Crippen LogP contribution in [0.25, 0.3) is 0 Å². The molecule has 0 bridgehead atoms.